The lowest BCUT2D eigenvalue weighted by Crippen LogP contribution is -2.21. The predicted molar refractivity (Wildman–Crippen MR) is 81.6 cm³/mol. The molecule has 20 heavy (non-hydrogen) atoms. The first-order valence-electron chi connectivity index (χ1n) is 7.03. The van der Waals surface area contributed by atoms with Crippen LogP contribution in [0.25, 0.3) is 10.8 Å². The molecule has 1 aliphatic carbocycles. The van der Waals surface area contributed by atoms with Crippen molar-refractivity contribution in [2.75, 3.05) is 0 Å². The second-order valence-electron chi connectivity index (χ2n) is 5.38. The largest absolute Gasteiger partial charge is 0.273 e. The van der Waals surface area contributed by atoms with Crippen LogP contribution < -0.4 is 5.43 Å². The Bertz CT molecular complexity index is 666. The third-order valence-corrected chi connectivity index (χ3v) is 3.76. The van der Waals surface area contributed by atoms with E-state index in [9.17, 15) is 4.79 Å². The van der Waals surface area contributed by atoms with Crippen molar-refractivity contribution in [3.05, 3.63) is 48.0 Å². The van der Waals surface area contributed by atoms with Crippen molar-refractivity contribution in [3.8, 4) is 0 Å². The minimum Gasteiger partial charge on any atom is -0.273 e. The Morgan fingerprint density at radius 3 is 2.75 bits per heavy atom. The Morgan fingerprint density at radius 2 is 1.95 bits per heavy atom. The number of carbonyl (C=O) groups excluding carboxylic acids is 1. The number of benzene rings is 2. The van der Waals surface area contributed by atoms with E-state index in [1.54, 1.807) is 0 Å². The fourth-order valence-corrected chi connectivity index (χ4v) is 2.40. The van der Waals surface area contributed by atoms with Gasteiger partial charge in [0.05, 0.1) is 6.42 Å². The van der Waals surface area contributed by atoms with E-state index in [4.69, 9.17) is 0 Å². The summed E-state index contributed by atoms with van der Waals surface area (Å²) in [4.78, 5) is 12.0. The van der Waals surface area contributed by atoms with Gasteiger partial charge >= 0.3 is 0 Å². The van der Waals surface area contributed by atoms with Gasteiger partial charge in [-0.25, -0.2) is 5.43 Å². The number of hydrogen-bond acceptors (Lipinski definition) is 2. The molecule has 0 saturated heterocycles. The summed E-state index contributed by atoms with van der Waals surface area (Å²) >= 11 is 0. The van der Waals surface area contributed by atoms with Crippen LogP contribution in [0.1, 0.15) is 25.3 Å². The number of carbonyl (C=O) groups is 1. The summed E-state index contributed by atoms with van der Waals surface area (Å²) in [5.74, 6) is 0.536. The van der Waals surface area contributed by atoms with Gasteiger partial charge in [0.25, 0.3) is 0 Å². The molecule has 0 aliphatic heterocycles. The van der Waals surface area contributed by atoms with Gasteiger partial charge in [-0.15, -0.1) is 0 Å². The first kappa shape index (κ1) is 12.9. The molecule has 2 aromatic rings. The lowest BCUT2D eigenvalue weighted by Gasteiger charge is -2.06. The molecule has 0 aromatic heterocycles. The number of hydrazone groups is 1. The van der Waals surface area contributed by atoms with Crippen LogP contribution in [0.15, 0.2) is 47.6 Å². The van der Waals surface area contributed by atoms with Gasteiger partial charge in [0.2, 0.25) is 5.91 Å². The quantitative estimate of drug-likeness (QED) is 0.669. The van der Waals surface area contributed by atoms with Crippen LogP contribution in [0.3, 0.4) is 0 Å². The first-order valence-corrected chi connectivity index (χ1v) is 7.03. The van der Waals surface area contributed by atoms with Crippen molar-refractivity contribution in [1.82, 2.24) is 5.43 Å². The summed E-state index contributed by atoms with van der Waals surface area (Å²) in [7, 11) is 0. The zero-order valence-electron chi connectivity index (χ0n) is 11.6. The Morgan fingerprint density at radius 1 is 1.20 bits per heavy atom. The van der Waals surface area contributed by atoms with Gasteiger partial charge in [0.1, 0.15) is 0 Å². The monoisotopic (exact) mass is 266 g/mol. The molecule has 3 nitrogen and oxygen atoms in total. The molecule has 2 aromatic carbocycles. The summed E-state index contributed by atoms with van der Waals surface area (Å²) in [5.41, 5.74) is 4.75. The first-order chi connectivity index (χ1) is 9.74. The smallest absolute Gasteiger partial charge is 0.244 e. The molecule has 0 heterocycles. The van der Waals surface area contributed by atoms with E-state index in [1.807, 2.05) is 31.2 Å². The van der Waals surface area contributed by atoms with E-state index in [0.717, 1.165) is 22.0 Å². The lowest BCUT2D eigenvalue weighted by molar-refractivity contribution is -0.120. The van der Waals surface area contributed by atoms with Crippen LogP contribution >= 0.6 is 0 Å². The average molecular weight is 266 g/mol. The fourth-order valence-electron chi connectivity index (χ4n) is 2.40. The normalized spacial score (nSPS) is 15.3. The molecule has 1 N–H and O–H groups in total. The highest BCUT2D eigenvalue weighted by Crippen LogP contribution is 2.30. The molecular formula is C17H18N2O. The number of nitrogens with zero attached hydrogens (tertiary/aromatic N) is 1. The van der Waals surface area contributed by atoms with Gasteiger partial charge in [-0.1, -0.05) is 42.5 Å². The molecule has 1 amide bonds. The van der Waals surface area contributed by atoms with Crippen LogP contribution in [-0.4, -0.2) is 11.6 Å². The Labute approximate surface area is 118 Å². The maximum atomic E-state index is 12.0. The molecule has 0 radical (unpaired) electrons. The minimum absolute atomic E-state index is 0.0543. The molecule has 0 atom stereocenters. The van der Waals surface area contributed by atoms with E-state index in [1.165, 1.54) is 12.8 Å². The average Bonchev–Trinajstić information content (AvgIpc) is 3.30. The van der Waals surface area contributed by atoms with Crippen molar-refractivity contribution in [2.45, 2.75) is 26.2 Å². The molecule has 3 heteroatoms. The topological polar surface area (TPSA) is 41.5 Å². The van der Waals surface area contributed by atoms with E-state index in [-0.39, 0.29) is 5.91 Å². The van der Waals surface area contributed by atoms with Gasteiger partial charge in [-0.3, -0.25) is 4.79 Å². The van der Waals surface area contributed by atoms with Gasteiger partial charge in [0.15, 0.2) is 0 Å². The molecule has 1 saturated carbocycles. The summed E-state index contributed by atoms with van der Waals surface area (Å²) < 4.78 is 0. The van der Waals surface area contributed by atoms with Crippen molar-refractivity contribution in [1.29, 1.82) is 0 Å². The highest BCUT2D eigenvalue weighted by atomic mass is 16.2. The summed E-state index contributed by atoms with van der Waals surface area (Å²) in [6.45, 7) is 1.98. The highest BCUT2D eigenvalue weighted by Gasteiger charge is 2.24. The second-order valence-corrected chi connectivity index (χ2v) is 5.38. The molecule has 0 unspecified atom stereocenters. The van der Waals surface area contributed by atoms with E-state index in [2.05, 4.69) is 28.7 Å². The molecule has 1 fully saturated rings. The highest BCUT2D eigenvalue weighted by molar-refractivity contribution is 5.91. The molecular weight excluding hydrogens is 248 g/mol. The third kappa shape index (κ3) is 2.87. The zero-order chi connectivity index (χ0) is 13.9. The summed E-state index contributed by atoms with van der Waals surface area (Å²) in [6.07, 6.45) is 2.77. The molecule has 1 aliphatic rings. The standard InChI is InChI=1S/C17H18N2O/c1-12(13-9-10-13)18-19-17(20)11-15-7-4-6-14-5-2-3-8-16(14)15/h2-8,13H,9-11H2,1H3,(H,19,20)/b18-12+. The number of fused-ring (bicyclic) bond motifs is 1. The van der Waals surface area contributed by atoms with Crippen molar-refractivity contribution < 1.29 is 4.79 Å². The van der Waals surface area contributed by atoms with Gasteiger partial charge < -0.3 is 0 Å². The molecule has 0 bridgehead atoms. The van der Waals surface area contributed by atoms with Crippen LogP contribution in [0, 0.1) is 5.92 Å². The maximum Gasteiger partial charge on any atom is 0.244 e. The summed E-state index contributed by atoms with van der Waals surface area (Å²) in [5, 5.41) is 6.47. The van der Waals surface area contributed by atoms with Crippen molar-refractivity contribution in [2.24, 2.45) is 11.0 Å². The molecule has 102 valence electrons. The molecule has 3 rings (SSSR count). The third-order valence-electron chi connectivity index (χ3n) is 3.76. The number of amides is 1. The van der Waals surface area contributed by atoms with Crippen molar-refractivity contribution in [3.63, 3.8) is 0 Å². The predicted octanol–water partition coefficient (Wildman–Crippen LogP) is 3.28. The van der Waals surface area contributed by atoms with Crippen molar-refractivity contribution >= 4 is 22.4 Å². The van der Waals surface area contributed by atoms with Gasteiger partial charge in [-0.2, -0.15) is 5.10 Å². The van der Waals surface area contributed by atoms with E-state index >= 15 is 0 Å². The Kier molecular flexibility index (Phi) is 3.50. The number of nitrogens with one attached hydrogen (secondary N) is 1. The van der Waals surface area contributed by atoms with E-state index in [0.29, 0.717) is 12.3 Å². The summed E-state index contributed by atoms with van der Waals surface area (Å²) in [6, 6.07) is 14.2. The van der Waals surface area contributed by atoms with Crippen LogP contribution in [0.4, 0.5) is 0 Å². The Hall–Kier alpha value is -2.16. The lowest BCUT2D eigenvalue weighted by atomic mass is 10.0. The van der Waals surface area contributed by atoms with Gasteiger partial charge in [-0.05, 0) is 42.0 Å². The van der Waals surface area contributed by atoms with Gasteiger partial charge in [0, 0.05) is 5.71 Å². The maximum absolute atomic E-state index is 12.0. The SMILES string of the molecule is C/C(=N\NC(=O)Cc1cccc2ccccc12)C1CC1. The zero-order valence-corrected chi connectivity index (χ0v) is 11.6. The number of rotatable bonds is 4. The number of hydrogen-bond donors (Lipinski definition) is 1. The Balaban J connectivity index is 1.72. The molecule has 0 spiro atoms. The van der Waals surface area contributed by atoms with Crippen LogP contribution in [-0.2, 0) is 11.2 Å². The van der Waals surface area contributed by atoms with E-state index < -0.39 is 0 Å². The second kappa shape index (κ2) is 5.45. The van der Waals surface area contributed by atoms with Crippen LogP contribution in [0.5, 0.6) is 0 Å². The van der Waals surface area contributed by atoms with Crippen LogP contribution in [0.2, 0.25) is 0 Å². The minimum atomic E-state index is -0.0543. The fraction of sp³-hybridized carbons (Fsp3) is 0.294.